The zero-order valence-electron chi connectivity index (χ0n) is 10.8. The third kappa shape index (κ3) is 3.15. The summed E-state index contributed by atoms with van der Waals surface area (Å²) in [5, 5.41) is 7.23. The van der Waals surface area contributed by atoms with Crippen molar-refractivity contribution in [2.45, 2.75) is 6.54 Å². The van der Waals surface area contributed by atoms with Crippen LogP contribution in [0.2, 0.25) is 0 Å². The average molecular weight is 388 g/mol. The molecule has 1 aromatic heterocycles. The Balaban J connectivity index is 1.77. The second-order valence-electron chi connectivity index (χ2n) is 4.67. The summed E-state index contributed by atoms with van der Waals surface area (Å²) in [4.78, 5) is 6.54. The molecule has 0 bridgehead atoms. The second kappa shape index (κ2) is 6.15. The van der Waals surface area contributed by atoms with Crippen LogP contribution < -0.4 is 5.32 Å². The number of piperazine rings is 1. The molecular formula is C13H14FIN4O. The van der Waals surface area contributed by atoms with Crippen molar-refractivity contribution in [3.8, 4) is 11.5 Å². The van der Waals surface area contributed by atoms with Crippen LogP contribution in [0.3, 0.4) is 0 Å². The molecule has 1 aromatic carbocycles. The van der Waals surface area contributed by atoms with Crippen LogP contribution in [0, 0.1) is 9.39 Å². The molecule has 0 aliphatic carbocycles. The molecule has 1 N–H and O–H groups in total. The Labute approximate surface area is 129 Å². The highest BCUT2D eigenvalue weighted by Crippen LogP contribution is 2.23. The van der Waals surface area contributed by atoms with Crippen LogP contribution in [0.4, 0.5) is 4.39 Å². The van der Waals surface area contributed by atoms with Crippen LogP contribution in [0.25, 0.3) is 11.5 Å². The van der Waals surface area contributed by atoms with Crippen molar-refractivity contribution >= 4 is 22.6 Å². The molecule has 3 rings (SSSR count). The van der Waals surface area contributed by atoms with Gasteiger partial charge in [-0.25, -0.2) is 4.39 Å². The SMILES string of the molecule is Fc1ccc(I)cc1-c1nc(CN2CCNCC2)no1. The lowest BCUT2D eigenvalue weighted by Gasteiger charge is -2.25. The molecule has 0 unspecified atom stereocenters. The van der Waals surface area contributed by atoms with Crippen molar-refractivity contribution in [1.82, 2.24) is 20.4 Å². The van der Waals surface area contributed by atoms with Crippen LogP contribution in [-0.2, 0) is 6.54 Å². The average Bonchev–Trinajstić information content (AvgIpc) is 2.91. The lowest BCUT2D eigenvalue weighted by atomic mass is 10.2. The summed E-state index contributed by atoms with van der Waals surface area (Å²) in [6.07, 6.45) is 0. The fraction of sp³-hybridized carbons (Fsp3) is 0.385. The van der Waals surface area contributed by atoms with Gasteiger partial charge in [-0.05, 0) is 40.8 Å². The van der Waals surface area contributed by atoms with Crippen LogP contribution >= 0.6 is 22.6 Å². The molecule has 0 saturated carbocycles. The van der Waals surface area contributed by atoms with Crippen LogP contribution in [-0.4, -0.2) is 41.2 Å². The van der Waals surface area contributed by atoms with E-state index >= 15 is 0 Å². The Hall–Kier alpha value is -1.06. The van der Waals surface area contributed by atoms with E-state index in [1.54, 1.807) is 12.1 Å². The fourth-order valence-electron chi connectivity index (χ4n) is 2.16. The third-order valence-electron chi connectivity index (χ3n) is 3.20. The Morgan fingerprint density at radius 1 is 1.35 bits per heavy atom. The van der Waals surface area contributed by atoms with E-state index in [1.807, 2.05) is 0 Å². The van der Waals surface area contributed by atoms with Crippen molar-refractivity contribution in [1.29, 1.82) is 0 Å². The third-order valence-corrected chi connectivity index (χ3v) is 3.87. The van der Waals surface area contributed by atoms with Crippen molar-refractivity contribution in [3.63, 3.8) is 0 Å². The molecule has 2 heterocycles. The van der Waals surface area contributed by atoms with Gasteiger partial charge in [-0.1, -0.05) is 5.16 Å². The highest BCUT2D eigenvalue weighted by molar-refractivity contribution is 14.1. The Bertz CT molecular complexity index is 598. The van der Waals surface area contributed by atoms with E-state index in [-0.39, 0.29) is 11.7 Å². The molecule has 2 aromatic rings. The van der Waals surface area contributed by atoms with E-state index in [0.29, 0.717) is 17.9 Å². The molecule has 1 aliphatic rings. The number of hydrogen-bond acceptors (Lipinski definition) is 5. The monoisotopic (exact) mass is 388 g/mol. The topological polar surface area (TPSA) is 54.2 Å². The normalized spacial score (nSPS) is 16.5. The van der Waals surface area contributed by atoms with Crippen molar-refractivity contribution < 1.29 is 8.91 Å². The summed E-state index contributed by atoms with van der Waals surface area (Å²) in [6, 6.07) is 4.83. The molecular weight excluding hydrogens is 374 g/mol. The fourth-order valence-corrected chi connectivity index (χ4v) is 2.65. The smallest absolute Gasteiger partial charge is 0.260 e. The Morgan fingerprint density at radius 3 is 2.95 bits per heavy atom. The summed E-state index contributed by atoms with van der Waals surface area (Å²) in [6.45, 7) is 4.49. The molecule has 0 spiro atoms. The van der Waals surface area contributed by atoms with Crippen molar-refractivity contribution in [2.24, 2.45) is 0 Å². The van der Waals surface area contributed by atoms with Crippen molar-refractivity contribution in [2.75, 3.05) is 26.2 Å². The number of nitrogens with zero attached hydrogens (tertiary/aromatic N) is 3. The zero-order chi connectivity index (χ0) is 13.9. The first-order chi connectivity index (χ1) is 9.72. The second-order valence-corrected chi connectivity index (χ2v) is 5.91. The van der Waals surface area contributed by atoms with Crippen LogP contribution in [0.5, 0.6) is 0 Å². The van der Waals surface area contributed by atoms with Gasteiger partial charge in [0.1, 0.15) is 5.82 Å². The minimum Gasteiger partial charge on any atom is -0.334 e. The lowest BCUT2D eigenvalue weighted by Crippen LogP contribution is -2.43. The van der Waals surface area contributed by atoms with Gasteiger partial charge in [0.05, 0.1) is 12.1 Å². The van der Waals surface area contributed by atoms with Gasteiger partial charge < -0.3 is 9.84 Å². The number of benzene rings is 1. The number of rotatable bonds is 3. The quantitative estimate of drug-likeness (QED) is 0.815. The highest BCUT2D eigenvalue weighted by atomic mass is 127. The van der Waals surface area contributed by atoms with E-state index in [1.165, 1.54) is 6.07 Å². The molecule has 1 fully saturated rings. The zero-order valence-corrected chi connectivity index (χ0v) is 12.9. The molecule has 5 nitrogen and oxygen atoms in total. The molecule has 0 amide bonds. The maximum Gasteiger partial charge on any atom is 0.260 e. The van der Waals surface area contributed by atoms with Gasteiger partial charge in [0.15, 0.2) is 5.82 Å². The predicted molar refractivity (Wildman–Crippen MR) is 80.6 cm³/mol. The van der Waals surface area contributed by atoms with Gasteiger partial charge in [0.25, 0.3) is 5.89 Å². The van der Waals surface area contributed by atoms with E-state index in [0.717, 1.165) is 29.7 Å². The molecule has 0 atom stereocenters. The maximum atomic E-state index is 13.8. The Kier molecular flexibility index (Phi) is 4.27. The first-order valence-electron chi connectivity index (χ1n) is 6.43. The summed E-state index contributed by atoms with van der Waals surface area (Å²) in [5.41, 5.74) is 0.357. The Morgan fingerprint density at radius 2 is 2.15 bits per heavy atom. The van der Waals surface area contributed by atoms with Gasteiger partial charge >= 0.3 is 0 Å². The van der Waals surface area contributed by atoms with E-state index in [4.69, 9.17) is 4.52 Å². The summed E-state index contributed by atoms with van der Waals surface area (Å²) >= 11 is 2.13. The molecule has 20 heavy (non-hydrogen) atoms. The van der Waals surface area contributed by atoms with Gasteiger partial charge in [-0.15, -0.1) is 0 Å². The van der Waals surface area contributed by atoms with Crippen molar-refractivity contribution in [3.05, 3.63) is 33.4 Å². The first-order valence-corrected chi connectivity index (χ1v) is 7.51. The first kappa shape index (κ1) is 13.9. The summed E-state index contributed by atoms with van der Waals surface area (Å²) in [5.74, 6) is 0.495. The van der Waals surface area contributed by atoms with Gasteiger partial charge in [-0.3, -0.25) is 4.90 Å². The van der Waals surface area contributed by atoms with E-state index in [2.05, 4.69) is 42.9 Å². The molecule has 0 radical (unpaired) electrons. The standard InChI is InChI=1S/C13H14FIN4O/c14-11-2-1-9(15)7-10(11)13-17-12(18-20-13)8-19-5-3-16-4-6-19/h1-2,7,16H,3-6,8H2. The highest BCUT2D eigenvalue weighted by Gasteiger charge is 2.17. The number of aromatic nitrogens is 2. The number of nitrogens with one attached hydrogen (secondary N) is 1. The molecule has 1 aliphatic heterocycles. The minimum absolute atomic E-state index is 0.242. The molecule has 106 valence electrons. The van der Waals surface area contributed by atoms with E-state index in [9.17, 15) is 4.39 Å². The van der Waals surface area contributed by atoms with Crippen LogP contribution in [0.1, 0.15) is 5.82 Å². The largest absolute Gasteiger partial charge is 0.334 e. The van der Waals surface area contributed by atoms with Gasteiger partial charge in [0.2, 0.25) is 0 Å². The molecule has 7 heteroatoms. The number of halogens is 2. The minimum atomic E-state index is -0.345. The predicted octanol–water partition coefficient (Wildman–Crippen LogP) is 1.89. The van der Waals surface area contributed by atoms with Gasteiger partial charge in [-0.2, -0.15) is 4.98 Å². The van der Waals surface area contributed by atoms with Crippen LogP contribution in [0.15, 0.2) is 22.7 Å². The maximum absolute atomic E-state index is 13.8. The summed E-state index contributed by atoms with van der Waals surface area (Å²) in [7, 11) is 0. The summed E-state index contributed by atoms with van der Waals surface area (Å²) < 4.78 is 19.9. The number of hydrogen-bond donors (Lipinski definition) is 1. The van der Waals surface area contributed by atoms with E-state index < -0.39 is 0 Å². The molecule has 1 saturated heterocycles. The van der Waals surface area contributed by atoms with Gasteiger partial charge in [0, 0.05) is 29.7 Å². The lowest BCUT2D eigenvalue weighted by molar-refractivity contribution is 0.225.